The molecule has 0 aliphatic heterocycles. The van der Waals surface area contributed by atoms with Crippen LogP contribution < -0.4 is 0 Å². The molecule has 0 saturated heterocycles. The second-order valence-corrected chi connectivity index (χ2v) is 3.56. The summed E-state index contributed by atoms with van der Waals surface area (Å²) < 4.78 is 1.84. The van der Waals surface area contributed by atoms with Crippen LogP contribution in [0.5, 0.6) is 0 Å². The van der Waals surface area contributed by atoms with Crippen LogP contribution in [0.25, 0.3) is 0 Å². The highest BCUT2D eigenvalue weighted by Crippen LogP contribution is 2.08. The third-order valence-corrected chi connectivity index (χ3v) is 2.47. The average Bonchev–Trinajstić information content (AvgIpc) is 2.71. The summed E-state index contributed by atoms with van der Waals surface area (Å²) in [6.07, 6.45) is 6.26. The van der Waals surface area contributed by atoms with E-state index in [4.69, 9.17) is 0 Å². The SMILES string of the molecule is CC.CC.CCCCCCc1nnn(C)c1C. The predicted molar refractivity (Wildman–Crippen MR) is 76.3 cm³/mol. The van der Waals surface area contributed by atoms with E-state index in [2.05, 4.69) is 24.2 Å². The molecule has 0 N–H and O–H groups in total. The maximum absolute atomic E-state index is 4.13. The molecule has 0 spiro atoms. The third-order valence-electron chi connectivity index (χ3n) is 2.47. The fourth-order valence-electron chi connectivity index (χ4n) is 1.40. The van der Waals surface area contributed by atoms with Crippen molar-refractivity contribution in [3.63, 3.8) is 0 Å². The van der Waals surface area contributed by atoms with Gasteiger partial charge in [0.15, 0.2) is 0 Å². The van der Waals surface area contributed by atoms with Gasteiger partial charge >= 0.3 is 0 Å². The molecule has 0 aliphatic carbocycles. The second-order valence-electron chi connectivity index (χ2n) is 3.56. The Morgan fingerprint density at radius 1 is 1.00 bits per heavy atom. The van der Waals surface area contributed by atoms with E-state index in [1.54, 1.807) is 0 Å². The van der Waals surface area contributed by atoms with E-state index < -0.39 is 0 Å². The first-order chi connectivity index (χ1) is 8.25. The molecule has 0 aliphatic rings. The minimum absolute atomic E-state index is 1.08. The van der Waals surface area contributed by atoms with Crippen LogP contribution in [0.1, 0.15) is 71.7 Å². The van der Waals surface area contributed by atoms with E-state index >= 15 is 0 Å². The molecule has 0 unspecified atom stereocenters. The fourth-order valence-corrected chi connectivity index (χ4v) is 1.40. The van der Waals surface area contributed by atoms with Crippen molar-refractivity contribution in [3.05, 3.63) is 11.4 Å². The van der Waals surface area contributed by atoms with Gasteiger partial charge in [-0.15, -0.1) is 5.10 Å². The van der Waals surface area contributed by atoms with Crippen LogP contribution in [0, 0.1) is 6.92 Å². The minimum Gasteiger partial charge on any atom is -0.252 e. The minimum atomic E-state index is 1.08. The van der Waals surface area contributed by atoms with Crippen LogP contribution in [0.15, 0.2) is 0 Å². The number of hydrogen-bond donors (Lipinski definition) is 0. The Morgan fingerprint density at radius 3 is 2.00 bits per heavy atom. The Kier molecular flexibility index (Phi) is 14.4. The fraction of sp³-hybridized carbons (Fsp3) is 0.857. The molecular formula is C14H31N3. The van der Waals surface area contributed by atoms with Crippen molar-refractivity contribution in [2.24, 2.45) is 7.05 Å². The third kappa shape index (κ3) is 7.94. The normalized spacial score (nSPS) is 8.88. The standard InChI is InChI=1S/C10H19N3.2C2H6/c1-4-5-6-7-8-10-9(2)13(3)12-11-10;2*1-2/h4-8H2,1-3H3;2*1-2H3. The van der Waals surface area contributed by atoms with Crippen LogP contribution in [-0.4, -0.2) is 15.0 Å². The summed E-state index contributed by atoms with van der Waals surface area (Å²) in [6, 6.07) is 0. The van der Waals surface area contributed by atoms with Crippen LogP contribution in [0.4, 0.5) is 0 Å². The van der Waals surface area contributed by atoms with E-state index in [0.29, 0.717) is 0 Å². The molecular weight excluding hydrogens is 210 g/mol. The molecule has 0 fully saturated rings. The predicted octanol–water partition coefficient (Wildman–Crippen LogP) is 4.30. The number of unbranched alkanes of at least 4 members (excludes halogenated alkanes) is 3. The largest absolute Gasteiger partial charge is 0.252 e. The van der Waals surface area contributed by atoms with Gasteiger partial charge in [-0.2, -0.15) is 0 Å². The van der Waals surface area contributed by atoms with E-state index in [9.17, 15) is 0 Å². The summed E-state index contributed by atoms with van der Waals surface area (Å²) in [6.45, 7) is 12.3. The number of hydrogen-bond acceptors (Lipinski definition) is 2. The van der Waals surface area contributed by atoms with E-state index in [-0.39, 0.29) is 0 Å². The zero-order valence-electron chi connectivity index (χ0n) is 12.9. The van der Waals surface area contributed by atoms with Gasteiger partial charge in [0.1, 0.15) is 0 Å². The smallest absolute Gasteiger partial charge is 0.0856 e. The van der Waals surface area contributed by atoms with Crippen molar-refractivity contribution < 1.29 is 0 Å². The van der Waals surface area contributed by atoms with Gasteiger partial charge in [-0.3, -0.25) is 4.68 Å². The molecule has 3 nitrogen and oxygen atoms in total. The maximum Gasteiger partial charge on any atom is 0.0856 e. The summed E-state index contributed by atoms with van der Waals surface area (Å²) in [5.41, 5.74) is 2.37. The van der Waals surface area contributed by atoms with Crippen molar-refractivity contribution in [1.29, 1.82) is 0 Å². The molecule has 0 bridgehead atoms. The Labute approximate surface area is 108 Å². The highest BCUT2D eigenvalue weighted by molar-refractivity contribution is 5.07. The van der Waals surface area contributed by atoms with Gasteiger partial charge in [-0.05, 0) is 19.8 Å². The molecule has 0 atom stereocenters. The number of rotatable bonds is 5. The first-order valence-corrected chi connectivity index (χ1v) is 7.11. The van der Waals surface area contributed by atoms with E-state index in [1.807, 2.05) is 39.4 Å². The Bertz CT molecular complexity index is 254. The van der Waals surface area contributed by atoms with Gasteiger partial charge in [0.25, 0.3) is 0 Å². The lowest BCUT2D eigenvalue weighted by atomic mass is 10.1. The second kappa shape index (κ2) is 13.2. The van der Waals surface area contributed by atoms with Crippen molar-refractivity contribution in [2.45, 2.75) is 73.6 Å². The van der Waals surface area contributed by atoms with Gasteiger partial charge in [-0.1, -0.05) is 59.1 Å². The Balaban J connectivity index is 0. The van der Waals surface area contributed by atoms with Crippen molar-refractivity contribution in [3.8, 4) is 0 Å². The van der Waals surface area contributed by atoms with Gasteiger partial charge in [0.2, 0.25) is 0 Å². The number of nitrogens with zero attached hydrogens (tertiary/aromatic N) is 3. The monoisotopic (exact) mass is 241 g/mol. The Morgan fingerprint density at radius 2 is 1.59 bits per heavy atom. The summed E-state index contributed by atoms with van der Waals surface area (Å²) >= 11 is 0. The first kappa shape index (κ1) is 18.5. The lowest BCUT2D eigenvalue weighted by Crippen LogP contribution is -1.94. The van der Waals surface area contributed by atoms with Gasteiger partial charge in [0, 0.05) is 7.05 Å². The molecule has 3 heteroatoms. The van der Waals surface area contributed by atoms with E-state index in [0.717, 1.165) is 6.42 Å². The summed E-state index contributed by atoms with van der Waals surface area (Å²) in [5, 5.41) is 8.11. The quantitative estimate of drug-likeness (QED) is 0.720. The summed E-state index contributed by atoms with van der Waals surface area (Å²) in [4.78, 5) is 0. The molecule has 1 heterocycles. The lowest BCUT2D eigenvalue weighted by molar-refractivity contribution is 0.658. The summed E-state index contributed by atoms with van der Waals surface area (Å²) in [5.74, 6) is 0. The van der Waals surface area contributed by atoms with Crippen LogP contribution >= 0.6 is 0 Å². The van der Waals surface area contributed by atoms with Crippen molar-refractivity contribution >= 4 is 0 Å². The molecule has 0 aromatic carbocycles. The van der Waals surface area contributed by atoms with Crippen molar-refractivity contribution in [2.75, 3.05) is 0 Å². The van der Waals surface area contributed by atoms with Crippen LogP contribution in [-0.2, 0) is 13.5 Å². The topological polar surface area (TPSA) is 30.7 Å². The molecule has 0 amide bonds. The number of aryl methyl sites for hydroxylation is 2. The molecule has 0 radical (unpaired) electrons. The molecule has 102 valence electrons. The maximum atomic E-state index is 4.13. The average molecular weight is 241 g/mol. The van der Waals surface area contributed by atoms with Gasteiger partial charge in [0.05, 0.1) is 11.4 Å². The summed E-state index contributed by atoms with van der Waals surface area (Å²) in [7, 11) is 1.94. The number of aromatic nitrogens is 3. The van der Waals surface area contributed by atoms with Gasteiger partial charge in [-0.25, -0.2) is 0 Å². The van der Waals surface area contributed by atoms with E-state index in [1.165, 1.54) is 37.1 Å². The highest BCUT2D eigenvalue weighted by Gasteiger charge is 2.04. The molecule has 1 aromatic heterocycles. The van der Waals surface area contributed by atoms with Crippen molar-refractivity contribution in [1.82, 2.24) is 15.0 Å². The molecule has 1 aromatic rings. The molecule has 1 rings (SSSR count). The molecule has 0 saturated carbocycles. The van der Waals surface area contributed by atoms with Crippen LogP contribution in [0.2, 0.25) is 0 Å². The lowest BCUT2D eigenvalue weighted by Gasteiger charge is -1.98. The van der Waals surface area contributed by atoms with Gasteiger partial charge < -0.3 is 0 Å². The zero-order chi connectivity index (χ0) is 13.7. The Hall–Kier alpha value is -0.860. The van der Waals surface area contributed by atoms with Crippen LogP contribution in [0.3, 0.4) is 0 Å². The first-order valence-electron chi connectivity index (χ1n) is 7.11. The highest BCUT2D eigenvalue weighted by atomic mass is 15.4. The molecule has 17 heavy (non-hydrogen) atoms. The zero-order valence-corrected chi connectivity index (χ0v) is 12.9.